The Bertz CT molecular complexity index is 3270. The molecule has 0 amide bonds. The Morgan fingerprint density at radius 3 is 1.92 bits per heavy atom. The number of aromatic nitrogens is 5. The van der Waals surface area contributed by atoms with Crippen LogP contribution < -0.4 is 0 Å². The summed E-state index contributed by atoms with van der Waals surface area (Å²) in [6, 6.07) is 48.3. The molecule has 5 heteroatoms. The summed E-state index contributed by atoms with van der Waals surface area (Å²) in [6.07, 6.45) is 5.81. The zero-order chi connectivity index (χ0) is 31.8. The van der Waals surface area contributed by atoms with E-state index in [-0.39, 0.29) is 0 Å². The van der Waals surface area contributed by atoms with Gasteiger partial charge in [-0.1, -0.05) is 91.0 Å². The van der Waals surface area contributed by atoms with Crippen LogP contribution in [-0.4, -0.2) is 23.5 Å². The van der Waals surface area contributed by atoms with Gasteiger partial charge in [-0.2, -0.15) is 0 Å². The molecule has 0 bridgehead atoms. The van der Waals surface area contributed by atoms with Gasteiger partial charge in [-0.3, -0.25) is 9.55 Å². The molecule has 6 aromatic heterocycles. The molecule has 0 N–H and O–H groups in total. The molecular weight excluding hydrogens is 599 g/mol. The maximum atomic E-state index is 5.19. The van der Waals surface area contributed by atoms with Crippen molar-refractivity contribution in [1.82, 2.24) is 23.5 Å². The van der Waals surface area contributed by atoms with E-state index < -0.39 is 0 Å². The second kappa shape index (κ2) is 9.00. The van der Waals surface area contributed by atoms with Crippen molar-refractivity contribution < 1.29 is 0 Å². The first-order valence-electron chi connectivity index (χ1n) is 16.7. The fourth-order valence-corrected chi connectivity index (χ4v) is 8.75. The Labute approximate surface area is 278 Å². The first-order chi connectivity index (χ1) is 24.3. The summed E-state index contributed by atoms with van der Waals surface area (Å²) in [5.74, 6) is 0.890. The summed E-state index contributed by atoms with van der Waals surface area (Å²) < 4.78 is 7.13. The molecule has 0 fully saturated rings. The Morgan fingerprint density at radius 1 is 0.408 bits per heavy atom. The number of nitrogens with zero attached hydrogens (tertiary/aromatic N) is 5. The molecule has 12 aromatic rings. The van der Waals surface area contributed by atoms with Crippen molar-refractivity contribution in [3.05, 3.63) is 152 Å². The van der Waals surface area contributed by atoms with E-state index in [4.69, 9.17) is 4.98 Å². The molecular formula is C44H25N5. The van der Waals surface area contributed by atoms with E-state index in [1.165, 1.54) is 70.4 Å². The number of hydrogen-bond donors (Lipinski definition) is 0. The molecule has 6 heterocycles. The van der Waals surface area contributed by atoms with Gasteiger partial charge < -0.3 is 8.97 Å². The third-order valence-electron chi connectivity index (χ3n) is 10.7. The van der Waals surface area contributed by atoms with Gasteiger partial charge in [0.05, 0.1) is 56.7 Å². The van der Waals surface area contributed by atoms with Crippen LogP contribution in [0.2, 0.25) is 0 Å². The van der Waals surface area contributed by atoms with Crippen LogP contribution in [0, 0.1) is 0 Å². The van der Waals surface area contributed by atoms with Gasteiger partial charge in [0.2, 0.25) is 0 Å². The topological polar surface area (TPSA) is 40.0 Å². The first kappa shape index (κ1) is 25.4. The maximum absolute atomic E-state index is 5.19. The third-order valence-corrected chi connectivity index (χ3v) is 10.7. The molecule has 0 spiro atoms. The van der Waals surface area contributed by atoms with Crippen molar-refractivity contribution >= 4 is 92.5 Å². The summed E-state index contributed by atoms with van der Waals surface area (Å²) in [5.41, 5.74) is 9.32. The predicted molar refractivity (Wildman–Crippen MR) is 203 cm³/mol. The van der Waals surface area contributed by atoms with Gasteiger partial charge in [0, 0.05) is 54.7 Å². The van der Waals surface area contributed by atoms with Crippen LogP contribution in [0.15, 0.2) is 152 Å². The fourth-order valence-electron chi connectivity index (χ4n) is 8.75. The van der Waals surface area contributed by atoms with Gasteiger partial charge >= 0.3 is 0 Å². The zero-order valence-electron chi connectivity index (χ0n) is 26.2. The lowest BCUT2D eigenvalue weighted by atomic mass is 10.00. The minimum absolute atomic E-state index is 0.890. The summed E-state index contributed by atoms with van der Waals surface area (Å²) >= 11 is 0. The lowest BCUT2D eigenvalue weighted by molar-refractivity contribution is 1.05. The third kappa shape index (κ3) is 3.10. The fraction of sp³-hybridized carbons (Fsp3) is 0. The van der Waals surface area contributed by atoms with Crippen LogP contribution in [0.3, 0.4) is 0 Å². The molecule has 0 atom stereocenters. The van der Waals surface area contributed by atoms with Gasteiger partial charge in [-0.15, -0.1) is 0 Å². The van der Waals surface area contributed by atoms with Gasteiger partial charge in [0.1, 0.15) is 5.82 Å². The average Bonchev–Trinajstić information content (AvgIpc) is 3.89. The standard InChI is InChI=1S/C44H25N5/c1-2-10-28-26(9-1)17-19-33-42-41-32-13-5-8-16-37(32)48(38(41)23-34-30-12-4-7-15-36(30)49(43(28)33)44(34)42)40-20-18-27(24-46-40)47-35-14-6-3-11-29(35)31-21-22-45-25-39(31)47/h1-25H. The summed E-state index contributed by atoms with van der Waals surface area (Å²) in [4.78, 5) is 9.66. The molecule has 12 rings (SSSR count). The van der Waals surface area contributed by atoms with E-state index in [0.717, 1.165) is 33.6 Å². The maximum Gasteiger partial charge on any atom is 0.137 e. The first-order valence-corrected chi connectivity index (χ1v) is 16.7. The quantitative estimate of drug-likeness (QED) is 0.192. The molecule has 49 heavy (non-hydrogen) atoms. The molecule has 0 saturated carbocycles. The van der Waals surface area contributed by atoms with Crippen LogP contribution in [0.4, 0.5) is 0 Å². The van der Waals surface area contributed by atoms with Gasteiger partial charge in [-0.25, -0.2) is 4.98 Å². The van der Waals surface area contributed by atoms with Gasteiger partial charge in [0.25, 0.3) is 0 Å². The average molecular weight is 624 g/mol. The Morgan fingerprint density at radius 2 is 1.10 bits per heavy atom. The van der Waals surface area contributed by atoms with Crippen molar-refractivity contribution in [2.75, 3.05) is 0 Å². The van der Waals surface area contributed by atoms with Crippen LogP contribution in [0.25, 0.3) is 104 Å². The Hall–Kier alpha value is -6.72. The van der Waals surface area contributed by atoms with Crippen molar-refractivity contribution in [1.29, 1.82) is 0 Å². The molecule has 0 aliphatic rings. The van der Waals surface area contributed by atoms with E-state index in [1.54, 1.807) is 0 Å². The van der Waals surface area contributed by atoms with Crippen molar-refractivity contribution in [2.45, 2.75) is 0 Å². The molecule has 0 saturated heterocycles. The van der Waals surface area contributed by atoms with E-state index >= 15 is 0 Å². The highest BCUT2D eigenvalue weighted by Crippen LogP contribution is 2.47. The summed E-state index contributed by atoms with van der Waals surface area (Å²) in [5, 5.41) is 12.5. The lowest BCUT2D eigenvalue weighted by Gasteiger charge is -2.11. The molecule has 0 aliphatic heterocycles. The number of pyridine rings is 2. The van der Waals surface area contributed by atoms with Crippen LogP contribution in [-0.2, 0) is 0 Å². The van der Waals surface area contributed by atoms with Gasteiger partial charge in [-0.05, 0) is 47.9 Å². The number of hydrogen-bond acceptors (Lipinski definition) is 2. The lowest BCUT2D eigenvalue weighted by Crippen LogP contribution is -2.00. The smallest absolute Gasteiger partial charge is 0.137 e. The predicted octanol–water partition coefficient (Wildman–Crippen LogP) is 11.0. The number of fused-ring (bicyclic) bond motifs is 15. The zero-order valence-corrected chi connectivity index (χ0v) is 26.2. The van der Waals surface area contributed by atoms with Crippen molar-refractivity contribution in [3.63, 3.8) is 0 Å². The minimum atomic E-state index is 0.890. The Balaban J connectivity index is 1.20. The molecule has 0 unspecified atom stereocenters. The second-order valence-electron chi connectivity index (χ2n) is 13.0. The highest BCUT2D eigenvalue weighted by molar-refractivity contribution is 6.37. The summed E-state index contributed by atoms with van der Waals surface area (Å²) in [7, 11) is 0. The highest BCUT2D eigenvalue weighted by Gasteiger charge is 2.25. The molecule has 0 aliphatic carbocycles. The normalized spacial score (nSPS) is 12.5. The number of rotatable bonds is 2. The van der Waals surface area contributed by atoms with E-state index in [1.807, 2.05) is 18.6 Å². The molecule has 226 valence electrons. The van der Waals surface area contributed by atoms with Gasteiger partial charge in [0.15, 0.2) is 0 Å². The van der Waals surface area contributed by atoms with Crippen molar-refractivity contribution in [2.24, 2.45) is 0 Å². The largest absolute Gasteiger partial charge is 0.307 e. The molecule has 0 radical (unpaired) electrons. The Kier molecular flexibility index (Phi) is 4.66. The molecule has 5 nitrogen and oxygen atoms in total. The van der Waals surface area contributed by atoms with Crippen LogP contribution in [0.5, 0.6) is 0 Å². The van der Waals surface area contributed by atoms with E-state index in [9.17, 15) is 0 Å². The minimum Gasteiger partial charge on any atom is -0.307 e. The van der Waals surface area contributed by atoms with E-state index in [0.29, 0.717) is 0 Å². The van der Waals surface area contributed by atoms with Crippen LogP contribution >= 0.6 is 0 Å². The second-order valence-corrected chi connectivity index (χ2v) is 13.0. The SMILES string of the molecule is c1ccc2c(c1)ccc1c3c4c5ccccc5n(-c5ccc(-n6c7ccccc7c7ccncc76)cn5)c4cc4c5ccccc5n(c21)c43. The van der Waals surface area contributed by atoms with E-state index in [2.05, 4.69) is 152 Å². The highest BCUT2D eigenvalue weighted by atomic mass is 15.1. The number of benzene rings is 6. The molecule has 6 aromatic carbocycles. The van der Waals surface area contributed by atoms with Crippen LogP contribution in [0.1, 0.15) is 0 Å². The monoisotopic (exact) mass is 623 g/mol. The number of para-hydroxylation sites is 3. The van der Waals surface area contributed by atoms with Crippen molar-refractivity contribution in [3.8, 4) is 11.5 Å². The summed E-state index contributed by atoms with van der Waals surface area (Å²) in [6.45, 7) is 0.